The lowest BCUT2D eigenvalue weighted by atomic mass is 9.97. The van der Waals surface area contributed by atoms with Gasteiger partial charge in [0.15, 0.2) is 0 Å². The zero-order chi connectivity index (χ0) is 14.7. The molecule has 0 bridgehead atoms. The third kappa shape index (κ3) is 2.89. The number of anilines is 1. The van der Waals surface area contributed by atoms with Crippen molar-refractivity contribution in [3.8, 4) is 0 Å². The van der Waals surface area contributed by atoms with Crippen molar-refractivity contribution in [2.24, 2.45) is 0 Å². The fourth-order valence-corrected chi connectivity index (χ4v) is 2.71. The number of hydrogen-bond acceptors (Lipinski definition) is 3. The molecular weight excluding hydrogens is 262 g/mol. The molecule has 2 N–H and O–H groups in total. The van der Waals surface area contributed by atoms with E-state index in [2.05, 4.69) is 15.6 Å². The van der Waals surface area contributed by atoms with Gasteiger partial charge in [0.25, 0.3) is 5.91 Å². The van der Waals surface area contributed by atoms with Gasteiger partial charge in [-0.05, 0) is 49.1 Å². The molecule has 2 heterocycles. The van der Waals surface area contributed by atoms with Crippen LogP contribution in [0.3, 0.4) is 0 Å². The minimum atomic E-state index is -0.0568. The molecule has 1 aromatic heterocycles. The van der Waals surface area contributed by atoms with Crippen LogP contribution >= 0.6 is 0 Å². The Morgan fingerprint density at radius 3 is 3.05 bits per heavy atom. The van der Waals surface area contributed by atoms with Crippen molar-refractivity contribution in [3.05, 3.63) is 59.4 Å². The molecule has 0 saturated carbocycles. The molecule has 3 rings (SSSR count). The highest BCUT2D eigenvalue weighted by atomic mass is 16.1. The maximum absolute atomic E-state index is 12.5. The highest BCUT2D eigenvalue weighted by molar-refractivity contribution is 5.97. The summed E-state index contributed by atoms with van der Waals surface area (Å²) in [6.45, 7) is 2.95. The summed E-state index contributed by atoms with van der Waals surface area (Å²) in [6, 6.07) is 9.67. The maximum atomic E-state index is 12.5. The Kier molecular flexibility index (Phi) is 3.86. The van der Waals surface area contributed by atoms with Gasteiger partial charge in [0.2, 0.25) is 0 Å². The van der Waals surface area contributed by atoms with Gasteiger partial charge in [0.1, 0.15) is 0 Å². The number of nitrogens with zero attached hydrogens (tertiary/aromatic N) is 1. The van der Waals surface area contributed by atoms with Gasteiger partial charge in [-0.3, -0.25) is 9.78 Å². The number of rotatable bonds is 3. The second-order valence-electron chi connectivity index (χ2n) is 5.34. The van der Waals surface area contributed by atoms with E-state index in [-0.39, 0.29) is 11.9 Å². The van der Waals surface area contributed by atoms with E-state index in [1.54, 1.807) is 12.4 Å². The molecule has 1 aromatic carbocycles. The van der Waals surface area contributed by atoms with Gasteiger partial charge in [0, 0.05) is 30.2 Å². The minimum Gasteiger partial charge on any atom is -0.385 e. The van der Waals surface area contributed by atoms with Crippen LogP contribution in [-0.4, -0.2) is 17.4 Å². The van der Waals surface area contributed by atoms with Crippen LogP contribution in [0.15, 0.2) is 42.7 Å². The molecule has 1 aliphatic rings. The standard InChI is InChI=1S/C17H19N3O/c1-12(13-5-3-9-18-11-13)20-17(21)15-6-2-8-16-14(15)7-4-10-19-16/h2-3,5-6,8-9,11-12,19H,4,7,10H2,1H3,(H,20,21). The monoisotopic (exact) mass is 281 g/mol. The molecule has 21 heavy (non-hydrogen) atoms. The van der Waals surface area contributed by atoms with Crippen LogP contribution in [0.2, 0.25) is 0 Å². The summed E-state index contributed by atoms with van der Waals surface area (Å²) in [5.74, 6) is -0.0214. The first-order valence-corrected chi connectivity index (χ1v) is 7.32. The lowest BCUT2D eigenvalue weighted by Crippen LogP contribution is -2.28. The van der Waals surface area contributed by atoms with E-state index in [9.17, 15) is 4.79 Å². The summed E-state index contributed by atoms with van der Waals surface area (Å²) in [5.41, 5.74) is 3.99. The van der Waals surface area contributed by atoms with Crippen LogP contribution in [0.5, 0.6) is 0 Å². The molecule has 0 aliphatic carbocycles. The van der Waals surface area contributed by atoms with Crippen LogP contribution in [0, 0.1) is 0 Å². The van der Waals surface area contributed by atoms with Gasteiger partial charge in [-0.25, -0.2) is 0 Å². The predicted octanol–water partition coefficient (Wildman–Crippen LogP) is 2.93. The molecule has 1 aliphatic heterocycles. The first-order valence-electron chi connectivity index (χ1n) is 7.32. The topological polar surface area (TPSA) is 54.0 Å². The SMILES string of the molecule is CC(NC(=O)c1cccc2c1CCCN2)c1cccnc1. The predicted molar refractivity (Wildman–Crippen MR) is 83.4 cm³/mol. The van der Waals surface area contributed by atoms with E-state index in [0.717, 1.165) is 41.8 Å². The molecule has 108 valence electrons. The van der Waals surface area contributed by atoms with Crippen molar-refractivity contribution < 1.29 is 4.79 Å². The molecule has 4 nitrogen and oxygen atoms in total. The first-order chi connectivity index (χ1) is 10.3. The summed E-state index contributed by atoms with van der Waals surface area (Å²) in [4.78, 5) is 16.6. The van der Waals surface area contributed by atoms with Gasteiger partial charge >= 0.3 is 0 Å². The van der Waals surface area contributed by atoms with E-state index in [1.807, 2.05) is 37.3 Å². The van der Waals surface area contributed by atoms with Crippen molar-refractivity contribution in [1.82, 2.24) is 10.3 Å². The number of amides is 1. The van der Waals surface area contributed by atoms with Crippen LogP contribution in [0.25, 0.3) is 0 Å². The fraction of sp³-hybridized carbons (Fsp3) is 0.294. The average Bonchev–Trinajstić information content (AvgIpc) is 2.55. The summed E-state index contributed by atoms with van der Waals surface area (Å²) in [7, 11) is 0. The zero-order valence-electron chi connectivity index (χ0n) is 12.1. The van der Waals surface area contributed by atoms with E-state index >= 15 is 0 Å². The van der Waals surface area contributed by atoms with Crippen molar-refractivity contribution in [2.75, 3.05) is 11.9 Å². The number of carbonyl (C=O) groups excluding carboxylic acids is 1. The molecule has 4 heteroatoms. The van der Waals surface area contributed by atoms with Crippen molar-refractivity contribution in [3.63, 3.8) is 0 Å². The van der Waals surface area contributed by atoms with Crippen LogP contribution in [0.1, 0.15) is 40.9 Å². The van der Waals surface area contributed by atoms with E-state index < -0.39 is 0 Å². The second-order valence-corrected chi connectivity index (χ2v) is 5.34. The van der Waals surface area contributed by atoms with Crippen LogP contribution in [-0.2, 0) is 6.42 Å². The number of pyridine rings is 1. The van der Waals surface area contributed by atoms with Crippen LogP contribution < -0.4 is 10.6 Å². The summed E-state index contributed by atoms with van der Waals surface area (Å²) >= 11 is 0. The number of nitrogens with one attached hydrogen (secondary N) is 2. The van der Waals surface area contributed by atoms with E-state index in [0.29, 0.717) is 0 Å². The number of aromatic nitrogens is 1. The summed E-state index contributed by atoms with van der Waals surface area (Å²) in [5, 5.41) is 6.41. The second kappa shape index (κ2) is 5.95. The molecule has 0 fully saturated rings. The Hall–Kier alpha value is -2.36. The number of fused-ring (bicyclic) bond motifs is 1. The molecule has 2 aromatic rings. The van der Waals surface area contributed by atoms with E-state index in [1.165, 1.54) is 0 Å². The van der Waals surface area contributed by atoms with Gasteiger partial charge < -0.3 is 10.6 Å². The van der Waals surface area contributed by atoms with Gasteiger partial charge in [-0.15, -0.1) is 0 Å². The highest BCUT2D eigenvalue weighted by Crippen LogP contribution is 2.25. The lowest BCUT2D eigenvalue weighted by Gasteiger charge is -2.21. The molecule has 1 atom stereocenters. The zero-order valence-corrected chi connectivity index (χ0v) is 12.1. The molecule has 1 unspecified atom stereocenters. The van der Waals surface area contributed by atoms with Crippen molar-refractivity contribution in [2.45, 2.75) is 25.8 Å². The van der Waals surface area contributed by atoms with Gasteiger partial charge in [-0.2, -0.15) is 0 Å². The summed E-state index contributed by atoms with van der Waals surface area (Å²) in [6.07, 6.45) is 5.53. The Morgan fingerprint density at radius 1 is 1.33 bits per heavy atom. The largest absolute Gasteiger partial charge is 0.385 e. The smallest absolute Gasteiger partial charge is 0.252 e. The van der Waals surface area contributed by atoms with Gasteiger partial charge in [0.05, 0.1) is 6.04 Å². The first kappa shape index (κ1) is 13.6. The molecule has 0 radical (unpaired) electrons. The number of hydrogen-bond donors (Lipinski definition) is 2. The third-order valence-electron chi connectivity index (χ3n) is 3.87. The molecular formula is C17H19N3O. The summed E-state index contributed by atoms with van der Waals surface area (Å²) < 4.78 is 0. The maximum Gasteiger partial charge on any atom is 0.252 e. The molecule has 1 amide bonds. The number of benzene rings is 1. The highest BCUT2D eigenvalue weighted by Gasteiger charge is 2.18. The quantitative estimate of drug-likeness (QED) is 0.909. The Labute approximate surface area is 124 Å². The fourth-order valence-electron chi connectivity index (χ4n) is 2.71. The Morgan fingerprint density at radius 2 is 2.24 bits per heavy atom. The third-order valence-corrected chi connectivity index (χ3v) is 3.87. The number of carbonyl (C=O) groups is 1. The Bertz CT molecular complexity index is 640. The average molecular weight is 281 g/mol. The van der Waals surface area contributed by atoms with Crippen molar-refractivity contribution >= 4 is 11.6 Å². The lowest BCUT2D eigenvalue weighted by molar-refractivity contribution is 0.0939. The Balaban J connectivity index is 1.80. The van der Waals surface area contributed by atoms with Gasteiger partial charge in [-0.1, -0.05) is 12.1 Å². The molecule has 0 saturated heterocycles. The normalized spacial score (nSPS) is 14.7. The minimum absolute atomic E-state index is 0.0214. The van der Waals surface area contributed by atoms with Crippen molar-refractivity contribution in [1.29, 1.82) is 0 Å². The van der Waals surface area contributed by atoms with E-state index in [4.69, 9.17) is 0 Å². The molecule has 0 spiro atoms. The van der Waals surface area contributed by atoms with Crippen LogP contribution in [0.4, 0.5) is 5.69 Å².